The highest BCUT2D eigenvalue weighted by Gasteiger charge is 2.28. The number of aryl methyl sites for hydroxylation is 1. The highest BCUT2D eigenvalue weighted by Crippen LogP contribution is 2.42. The van der Waals surface area contributed by atoms with Gasteiger partial charge in [-0.25, -0.2) is 14.8 Å². The standard InChI is InChI=1S/C19H19BrN6O4S/c20-11-6-12-13(30-9-29-12)7-14(11)31-18-23-15-16(21)22-8-25(17(15)24-18)5-3-10-2-1-4-26(10)19(27)28/h6-8,10,21H,1-5,9H2,(H,23,24)(H,27,28)/t10-/m0/s1. The molecule has 1 fully saturated rings. The number of H-pyrrole nitrogens is 1. The molecule has 0 spiro atoms. The van der Waals surface area contributed by atoms with Crippen molar-refractivity contribution in [1.82, 2.24) is 24.4 Å². The van der Waals surface area contributed by atoms with Crippen LogP contribution in [0.2, 0.25) is 0 Å². The zero-order valence-corrected chi connectivity index (χ0v) is 18.7. The van der Waals surface area contributed by atoms with E-state index in [9.17, 15) is 9.90 Å². The molecule has 2 aliphatic rings. The van der Waals surface area contributed by atoms with Crippen molar-refractivity contribution in [1.29, 1.82) is 5.41 Å². The number of rotatable bonds is 5. The van der Waals surface area contributed by atoms with Gasteiger partial charge in [-0.2, -0.15) is 0 Å². The van der Waals surface area contributed by atoms with Crippen LogP contribution in [-0.2, 0) is 6.54 Å². The monoisotopic (exact) mass is 506 g/mol. The Kier molecular flexibility index (Phi) is 5.26. The van der Waals surface area contributed by atoms with Crippen LogP contribution in [0.4, 0.5) is 4.79 Å². The molecule has 0 radical (unpaired) electrons. The van der Waals surface area contributed by atoms with E-state index in [1.54, 1.807) is 6.33 Å². The average Bonchev–Trinajstić information content (AvgIpc) is 3.47. The minimum atomic E-state index is -0.870. The maximum Gasteiger partial charge on any atom is 0.407 e. The Balaban J connectivity index is 1.40. The highest BCUT2D eigenvalue weighted by molar-refractivity contribution is 9.10. The number of nitrogens with one attached hydrogen (secondary N) is 2. The number of hydrogen-bond acceptors (Lipinski definition) is 7. The van der Waals surface area contributed by atoms with E-state index >= 15 is 0 Å². The van der Waals surface area contributed by atoms with Gasteiger partial charge in [0.05, 0.1) is 6.33 Å². The van der Waals surface area contributed by atoms with E-state index < -0.39 is 6.09 Å². The number of halogens is 1. The molecule has 162 valence electrons. The third-order valence-corrected chi connectivity index (χ3v) is 7.32. The van der Waals surface area contributed by atoms with E-state index in [2.05, 4.69) is 25.9 Å². The Morgan fingerprint density at radius 3 is 3.00 bits per heavy atom. The minimum Gasteiger partial charge on any atom is -0.465 e. The molecule has 0 bridgehead atoms. The van der Waals surface area contributed by atoms with Crippen LogP contribution >= 0.6 is 27.7 Å². The zero-order valence-electron chi connectivity index (χ0n) is 16.3. The Bertz CT molecular complexity index is 1230. The number of carboxylic acid groups (broad SMARTS) is 1. The lowest BCUT2D eigenvalue weighted by Crippen LogP contribution is -2.35. The summed E-state index contributed by atoms with van der Waals surface area (Å²) in [6.45, 7) is 1.35. The van der Waals surface area contributed by atoms with Gasteiger partial charge in [-0.3, -0.25) is 5.41 Å². The minimum absolute atomic E-state index is 0.00639. The van der Waals surface area contributed by atoms with Crippen LogP contribution in [0, 0.1) is 5.41 Å². The number of fused-ring (bicyclic) bond motifs is 2. The normalized spacial score (nSPS) is 17.6. The molecule has 1 atom stereocenters. The number of carbonyl (C=O) groups is 1. The second kappa shape index (κ2) is 8.08. The maximum absolute atomic E-state index is 11.4. The van der Waals surface area contributed by atoms with Crippen molar-refractivity contribution in [2.75, 3.05) is 13.3 Å². The molecule has 1 aromatic carbocycles. The third-order valence-electron chi connectivity index (χ3n) is 5.46. The Morgan fingerprint density at radius 1 is 1.39 bits per heavy atom. The van der Waals surface area contributed by atoms with E-state index in [4.69, 9.17) is 19.9 Å². The lowest BCUT2D eigenvalue weighted by Gasteiger charge is -2.21. The summed E-state index contributed by atoms with van der Waals surface area (Å²) >= 11 is 4.97. The SMILES string of the molecule is N=c1ncn(CC[C@@H]2CCCN2C(=O)O)c2nc(Sc3cc4c(cc3Br)OCO4)[nH]c12. The maximum atomic E-state index is 11.4. The smallest absolute Gasteiger partial charge is 0.407 e. The lowest BCUT2D eigenvalue weighted by atomic mass is 10.1. The Hall–Kier alpha value is -2.73. The van der Waals surface area contributed by atoms with Gasteiger partial charge in [0.1, 0.15) is 5.52 Å². The van der Waals surface area contributed by atoms with E-state index in [0.717, 1.165) is 22.2 Å². The number of ether oxygens (including phenoxy) is 2. The van der Waals surface area contributed by atoms with Crippen LogP contribution in [0.5, 0.6) is 11.5 Å². The number of aromatic amines is 1. The van der Waals surface area contributed by atoms with Crippen molar-refractivity contribution in [3.63, 3.8) is 0 Å². The first kappa shape index (κ1) is 20.2. The van der Waals surface area contributed by atoms with Gasteiger partial charge < -0.3 is 29.0 Å². The molecule has 3 N–H and O–H groups in total. The molecule has 0 unspecified atom stereocenters. The van der Waals surface area contributed by atoms with Crippen molar-refractivity contribution in [2.24, 2.45) is 0 Å². The van der Waals surface area contributed by atoms with Gasteiger partial charge in [-0.05, 0) is 47.3 Å². The first-order valence-corrected chi connectivity index (χ1v) is 11.4. The molecule has 0 saturated carbocycles. The molecule has 2 aromatic heterocycles. The van der Waals surface area contributed by atoms with Crippen LogP contribution in [-0.4, -0.2) is 55.0 Å². The second-order valence-corrected chi connectivity index (χ2v) is 9.21. The Labute approximate surface area is 189 Å². The number of likely N-dealkylation sites (tertiary alicyclic amines) is 1. The molecule has 1 saturated heterocycles. The lowest BCUT2D eigenvalue weighted by molar-refractivity contribution is 0.137. The van der Waals surface area contributed by atoms with Crippen LogP contribution in [0.25, 0.3) is 11.2 Å². The largest absolute Gasteiger partial charge is 0.465 e. The van der Waals surface area contributed by atoms with E-state index in [1.807, 2.05) is 16.7 Å². The average molecular weight is 507 g/mol. The molecule has 5 rings (SSSR count). The van der Waals surface area contributed by atoms with Gasteiger partial charge in [0.2, 0.25) is 6.79 Å². The van der Waals surface area contributed by atoms with Gasteiger partial charge in [-0.1, -0.05) is 11.8 Å². The van der Waals surface area contributed by atoms with Crippen molar-refractivity contribution in [3.05, 3.63) is 28.4 Å². The quantitative estimate of drug-likeness (QED) is 0.483. The van der Waals surface area contributed by atoms with Crippen molar-refractivity contribution >= 4 is 44.9 Å². The zero-order chi connectivity index (χ0) is 21.5. The molecule has 2 aliphatic heterocycles. The summed E-state index contributed by atoms with van der Waals surface area (Å²) in [4.78, 5) is 25.8. The van der Waals surface area contributed by atoms with Crippen molar-refractivity contribution in [2.45, 2.75) is 41.9 Å². The summed E-state index contributed by atoms with van der Waals surface area (Å²) in [5.41, 5.74) is 1.28. The number of imidazole rings is 1. The molecule has 4 heterocycles. The predicted octanol–water partition coefficient (Wildman–Crippen LogP) is 3.41. The fourth-order valence-corrected chi connectivity index (χ4v) is 5.31. The van der Waals surface area contributed by atoms with E-state index in [-0.39, 0.29) is 18.3 Å². The molecule has 12 heteroatoms. The third kappa shape index (κ3) is 3.85. The molecule has 3 aromatic rings. The molecular formula is C19H19BrN6O4S. The summed E-state index contributed by atoms with van der Waals surface area (Å²) in [5, 5.41) is 18.1. The molecule has 31 heavy (non-hydrogen) atoms. The summed E-state index contributed by atoms with van der Waals surface area (Å²) in [7, 11) is 0. The number of amides is 1. The first-order chi connectivity index (χ1) is 15.0. The summed E-state index contributed by atoms with van der Waals surface area (Å²) in [6.07, 6.45) is 3.14. The van der Waals surface area contributed by atoms with Gasteiger partial charge in [0.15, 0.2) is 27.8 Å². The molecule has 10 nitrogen and oxygen atoms in total. The van der Waals surface area contributed by atoms with Gasteiger partial charge in [0, 0.05) is 28.5 Å². The van der Waals surface area contributed by atoms with Gasteiger partial charge >= 0.3 is 6.09 Å². The van der Waals surface area contributed by atoms with E-state index in [1.165, 1.54) is 16.7 Å². The van der Waals surface area contributed by atoms with E-state index in [0.29, 0.717) is 47.3 Å². The molecule has 0 aliphatic carbocycles. The fourth-order valence-electron chi connectivity index (χ4n) is 3.93. The number of benzene rings is 1. The molecular weight excluding hydrogens is 488 g/mol. The number of hydrogen-bond donors (Lipinski definition) is 3. The summed E-state index contributed by atoms with van der Waals surface area (Å²) in [6, 6.07) is 3.74. The molecule has 1 amide bonds. The first-order valence-electron chi connectivity index (χ1n) is 9.76. The van der Waals surface area contributed by atoms with Crippen LogP contribution in [0.15, 0.2) is 33.0 Å². The predicted molar refractivity (Wildman–Crippen MR) is 114 cm³/mol. The number of nitrogens with zero attached hydrogens (tertiary/aromatic N) is 4. The van der Waals surface area contributed by atoms with Crippen LogP contribution in [0.1, 0.15) is 19.3 Å². The second-order valence-electron chi connectivity index (χ2n) is 7.33. The Morgan fingerprint density at radius 2 is 2.19 bits per heavy atom. The topological polar surface area (TPSA) is 129 Å². The van der Waals surface area contributed by atoms with Crippen molar-refractivity contribution in [3.8, 4) is 11.5 Å². The highest BCUT2D eigenvalue weighted by atomic mass is 79.9. The number of aromatic nitrogens is 4. The summed E-state index contributed by atoms with van der Waals surface area (Å²) < 4.78 is 13.6. The van der Waals surface area contributed by atoms with Crippen LogP contribution < -0.4 is 15.0 Å². The van der Waals surface area contributed by atoms with Gasteiger partial charge in [0.25, 0.3) is 0 Å². The summed E-state index contributed by atoms with van der Waals surface area (Å²) in [5.74, 6) is 1.37. The van der Waals surface area contributed by atoms with Crippen LogP contribution in [0.3, 0.4) is 0 Å². The fraction of sp³-hybridized carbons (Fsp3) is 0.368. The van der Waals surface area contributed by atoms with Crippen molar-refractivity contribution < 1.29 is 19.4 Å². The van der Waals surface area contributed by atoms with Gasteiger partial charge in [-0.15, -0.1) is 0 Å².